The lowest BCUT2D eigenvalue weighted by Crippen LogP contribution is -2.27. The van der Waals surface area contributed by atoms with Crippen molar-refractivity contribution in [1.29, 1.82) is 0 Å². The first-order chi connectivity index (χ1) is 18.8. The van der Waals surface area contributed by atoms with Crippen molar-refractivity contribution < 1.29 is 22.3 Å². The molecule has 2 fully saturated rings. The second-order valence-electron chi connectivity index (χ2n) is 12.1. The Morgan fingerprint density at radius 1 is 0.821 bits per heavy atom. The van der Waals surface area contributed by atoms with Gasteiger partial charge in [-0.2, -0.15) is 8.78 Å². The third kappa shape index (κ3) is 8.08. The number of unbranched alkanes of at least 4 members (excludes halogenated alkanes) is 2. The molecule has 2 aromatic rings. The van der Waals surface area contributed by atoms with Gasteiger partial charge < -0.3 is 4.74 Å². The van der Waals surface area contributed by atoms with Crippen LogP contribution < -0.4 is 0 Å². The summed E-state index contributed by atoms with van der Waals surface area (Å²) in [5.41, 5.74) is 1.93. The zero-order valence-corrected chi connectivity index (χ0v) is 23.7. The normalized spacial score (nSPS) is 25.0. The maximum absolute atomic E-state index is 14.9. The third-order valence-electron chi connectivity index (χ3n) is 9.42. The Morgan fingerprint density at radius 3 is 2.08 bits per heavy atom. The molecule has 0 aliphatic heterocycles. The lowest BCUT2D eigenvalue weighted by Gasteiger charge is -2.29. The van der Waals surface area contributed by atoms with E-state index in [1.807, 2.05) is 0 Å². The van der Waals surface area contributed by atoms with Crippen molar-refractivity contribution >= 4 is 0 Å². The first-order valence-corrected chi connectivity index (χ1v) is 15.3. The van der Waals surface area contributed by atoms with Crippen LogP contribution in [0, 0.1) is 17.7 Å². The van der Waals surface area contributed by atoms with Gasteiger partial charge >= 0.3 is 6.11 Å². The average molecular weight is 547 g/mol. The molecule has 2 aliphatic carbocycles. The fraction of sp³-hybridized carbons (Fsp3) is 0.647. The summed E-state index contributed by atoms with van der Waals surface area (Å²) in [6, 6.07) is 11.1. The van der Waals surface area contributed by atoms with E-state index in [9.17, 15) is 17.6 Å². The average Bonchev–Trinajstić information content (AvgIpc) is 2.96. The number of benzene rings is 2. The van der Waals surface area contributed by atoms with Crippen LogP contribution in [-0.4, -0.2) is 6.11 Å². The van der Waals surface area contributed by atoms with E-state index >= 15 is 0 Å². The van der Waals surface area contributed by atoms with Gasteiger partial charge in [-0.15, -0.1) is 0 Å². The molecule has 0 aromatic heterocycles. The van der Waals surface area contributed by atoms with Crippen LogP contribution in [-0.2, 0) is 11.3 Å². The van der Waals surface area contributed by atoms with E-state index in [1.54, 1.807) is 24.3 Å². The van der Waals surface area contributed by atoms with Crippen molar-refractivity contribution in [2.75, 3.05) is 0 Å². The summed E-state index contributed by atoms with van der Waals surface area (Å²) in [5, 5.41) is 0. The van der Waals surface area contributed by atoms with Crippen LogP contribution in [0.4, 0.5) is 17.6 Å². The zero-order valence-electron chi connectivity index (χ0n) is 23.7. The molecule has 2 aromatic carbocycles. The zero-order chi connectivity index (χ0) is 27.8. The first kappa shape index (κ1) is 30.1. The molecule has 39 heavy (non-hydrogen) atoms. The van der Waals surface area contributed by atoms with E-state index in [0.29, 0.717) is 17.4 Å². The Labute approximate surface area is 232 Å². The van der Waals surface area contributed by atoms with E-state index in [4.69, 9.17) is 4.74 Å². The van der Waals surface area contributed by atoms with Crippen molar-refractivity contribution in [3.8, 4) is 0 Å². The molecule has 1 atom stereocenters. The molecule has 0 spiro atoms. The second kappa shape index (κ2) is 14.1. The molecule has 1 unspecified atom stereocenters. The molecular formula is C34H46F4O. The summed E-state index contributed by atoms with van der Waals surface area (Å²) in [6.07, 6.45) is 8.40. The smallest absolute Gasteiger partial charge is 0.313 e. The molecule has 1 nitrogen and oxygen atoms in total. The maximum atomic E-state index is 14.9. The van der Waals surface area contributed by atoms with Gasteiger partial charge in [-0.25, -0.2) is 8.78 Å². The van der Waals surface area contributed by atoms with Gasteiger partial charge in [0, 0.05) is 0 Å². The highest BCUT2D eigenvalue weighted by Crippen LogP contribution is 2.41. The van der Waals surface area contributed by atoms with Crippen molar-refractivity contribution in [3.63, 3.8) is 0 Å². The van der Waals surface area contributed by atoms with E-state index < -0.39 is 18.9 Å². The summed E-state index contributed by atoms with van der Waals surface area (Å²) in [5.74, 6) is 1.70. The molecule has 0 heterocycles. The predicted molar refractivity (Wildman–Crippen MR) is 150 cm³/mol. The summed E-state index contributed by atoms with van der Waals surface area (Å²) >= 11 is 0. The number of rotatable bonds is 12. The molecule has 0 bridgehead atoms. The molecule has 0 radical (unpaired) electrons. The van der Waals surface area contributed by atoms with Gasteiger partial charge in [0.15, 0.2) is 0 Å². The Kier molecular flexibility index (Phi) is 10.9. The summed E-state index contributed by atoms with van der Waals surface area (Å²) in [7, 11) is 0. The molecule has 0 saturated heterocycles. The number of hydrogen-bond donors (Lipinski definition) is 0. The monoisotopic (exact) mass is 546 g/mol. The number of halogens is 4. The molecule has 4 rings (SSSR count). The summed E-state index contributed by atoms with van der Waals surface area (Å²) < 4.78 is 63.8. The fourth-order valence-electron chi connectivity index (χ4n) is 6.72. The van der Waals surface area contributed by atoms with Crippen LogP contribution in [0.2, 0.25) is 0 Å². The van der Waals surface area contributed by atoms with Crippen molar-refractivity contribution in [2.45, 2.75) is 128 Å². The minimum absolute atomic E-state index is 0.0961. The summed E-state index contributed by atoms with van der Waals surface area (Å²) in [6.45, 7) is 3.86. The highest BCUT2D eigenvalue weighted by atomic mass is 19.3. The van der Waals surface area contributed by atoms with Crippen LogP contribution in [0.1, 0.15) is 138 Å². The number of ether oxygens (including phenoxy) is 1. The first-order valence-electron chi connectivity index (χ1n) is 15.3. The Bertz CT molecular complexity index is 1000. The largest absolute Gasteiger partial charge is 0.391 e. The lowest BCUT2D eigenvalue weighted by atomic mass is 9.77. The van der Waals surface area contributed by atoms with Crippen molar-refractivity contribution in [3.05, 3.63) is 70.5 Å². The van der Waals surface area contributed by atoms with E-state index in [1.165, 1.54) is 56.7 Å². The van der Waals surface area contributed by atoms with Crippen LogP contribution in [0.5, 0.6) is 0 Å². The highest BCUT2D eigenvalue weighted by molar-refractivity contribution is 5.29. The Morgan fingerprint density at radius 2 is 1.46 bits per heavy atom. The minimum atomic E-state index is -4.01. The number of hydrogen-bond acceptors (Lipinski definition) is 1. The SMILES string of the molecule is CCCCCC1CCC(c2ccc(C(F)C(F)(F)OCc3ccc(C4CCC(CC)CC4)c(F)c3)cc2)CC1. The van der Waals surface area contributed by atoms with Gasteiger partial charge in [0.25, 0.3) is 0 Å². The van der Waals surface area contributed by atoms with Gasteiger partial charge in [0.2, 0.25) is 6.17 Å². The quantitative estimate of drug-likeness (QED) is 0.190. The molecule has 2 saturated carbocycles. The van der Waals surface area contributed by atoms with Crippen LogP contribution >= 0.6 is 0 Å². The molecule has 2 aliphatic rings. The van der Waals surface area contributed by atoms with Gasteiger partial charge in [0.05, 0.1) is 6.61 Å². The van der Waals surface area contributed by atoms with E-state index in [-0.39, 0.29) is 22.9 Å². The van der Waals surface area contributed by atoms with Crippen molar-refractivity contribution in [2.24, 2.45) is 11.8 Å². The molecule has 5 heteroatoms. The molecule has 0 amide bonds. The van der Waals surface area contributed by atoms with Crippen molar-refractivity contribution in [1.82, 2.24) is 0 Å². The Balaban J connectivity index is 1.28. The van der Waals surface area contributed by atoms with Gasteiger partial charge in [0.1, 0.15) is 5.82 Å². The topological polar surface area (TPSA) is 9.23 Å². The van der Waals surface area contributed by atoms with Crippen LogP contribution in [0.25, 0.3) is 0 Å². The highest BCUT2D eigenvalue weighted by Gasteiger charge is 2.43. The maximum Gasteiger partial charge on any atom is 0.391 e. The standard InChI is InChI=1S/C34H46F4O/c1-3-5-6-7-25-10-13-27(14-11-25)28-17-19-30(20-18-28)33(36)34(37,38)39-23-26-12-21-31(32(35)22-26)29-15-8-24(4-2)9-16-29/h12,17-22,24-25,27,29,33H,3-11,13-16,23H2,1-2H3. The predicted octanol–water partition coefficient (Wildman–Crippen LogP) is 11.2. The Hall–Kier alpha value is -1.88. The van der Waals surface area contributed by atoms with Gasteiger partial charge in [-0.3, -0.25) is 0 Å². The van der Waals surface area contributed by atoms with Gasteiger partial charge in [-0.1, -0.05) is 82.3 Å². The fourth-order valence-corrected chi connectivity index (χ4v) is 6.72. The van der Waals surface area contributed by atoms with Gasteiger partial charge in [-0.05, 0) is 103 Å². The summed E-state index contributed by atoms with van der Waals surface area (Å²) in [4.78, 5) is 0. The van der Waals surface area contributed by atoms with E-state index in [2.05, 4.69) is 13.8 Å². The lowest BCUT2D eigenvalue weighted by molar-refractivity contribution is -0.282. The minimum Gasteiger partial charge on any atom is -0.313 e. The van der Waals surface area contributed by atoms with Crippen LogP contribution in [0.3, 0.4) is 0 Å². The molecule has 0 N–H and O–H groups in total. The molecular weight excluding hydrogens is 500 g/mol. The molecule has 216 valence electrons. The third-order valence-corrected chi connectivity index (χ3v) is 9.42. The second-order valence-corrected chi connectivity index (χ2v) is 12.1. The van der Waals surface area contributed by atoms with E-state index in [0.717, 1.165) is 56.4 Å². The number of alkyl halides is 3. The van der Waals surface area contributed by atoms with Crippen LogP contribution in [0.15, 0.2) is 42.5 Å².